The Hall–Kier alpha value is -2.95. The molecule has 24 heavy (non-hydrogen) atoms. The van der Waals surface area contributed by atoms with Gasteiger partial charge in [-0.3, -0.25) is 4.79 Å². The van der Waals surface area contributed by atoms with Crippen molar-refractivity contribution in [2.24, 2.45) is 0 Å². The molecule has 0 spiro atoms. The molecule has 0 aliphatic rings. The van der Waals surface area contributed by atoms with E-state index in [2.05, 4.69) is 10.3 Å². The minimum Gasteiger partial charge on any atom is -0.493 e. The molecular formula is C19H20N2O3. The molecule has 1 aromatic heterocycles. The smallest absolute Gasteiger partial charge is 0.272 e. The molecule has 0 saturated carbocycles. The van der Waals surface area contributed by atoms with Gasteiger partial charge in [0.25, 0.3) is 5.91 Å². The lowest BCUT2D eigenvalue weighted by Gasteiger charge is -2.13. The van der Waals surface area contributed by atoms with E-state index >= 15 is 0 Å². The lowest BCUT2D eigenvalue weighted by Crippen LogP contribution is -2.13. The number of amides is 1. The number of carbonyl (C=O) groups is 1. The third-order valence-corrected chi connectivity index (χ3v) is 4.00. The fourth-order valence-corrected chi connectivity index (χ4v) is 2.68. The number of rotatable bonds is 4. The lowest BCUT2D eigenvalue weighted by molar-refractivity contribution is 0.102. The average Bonchev–Trinajstić information content (AvgIpc) is 2.99. The second kappa shape index (κ2) is 6.28. The van der Waals surface area contributed by atoms with E-state index in [9.17, 15) is 4.79 Å². The first-order valence-corrected chi connectivity index (χ1v) is 7.65. The number of methoxy groups -OCH3 is 2. The van der Waals surface area contributed by atoms with Gasteiger partial charge in [-0.15, -0.1) is 0 Å². The molecule has 0 atom stereocenters. The molecular weight excluding hydrogens is 304 g/mol. The fourth-order valence-electron chi connectivity index (χ4n) is 2.68. The van der Waals surface area contributed by atoms with Crippen LogP contribution in [0.25, 0.3) is 10.9 Å². The molecule has 0 fully saturated rings. The molecule has 5 heteroatoms. The highest BCUT2D eigenvalue weighted by atomic mass is 16.5. The lowest BCUT2D eigenvalue weighted by atomic mass is 10.1. The molecule has 2 aromatic carbocycles. The van der Waals surface area contributed by atoms with Gasteiger partial charge in [0, 0.05) is 22.7 Å². The Labute approximate surface area is 140 Å². The number of aryl methyl sites for hydroxylation is 2. The van der Waals surface area contributed by atoms with E-state index in [4.69, 9.17) is 9.47 Å². The molecule has 3 aromatic rings. The summed E-state index contributed by atoms with van der Waals surface area (Å²) in [4.78, 5) is 15.7. The van der Waals surface area contributed by atoms with E-state index in [-0.39, 0.29) is 5.91 Å². The Morgan fingerprint density at radius 3 is 2.42 bits per heavy atom. The van der Waals surface area contributed by atoms with Crippen molar-refractivity contribution in [3.63, 3.8) is 0 Å². The zero-order chi connectivity index (χ0) is 17.3. The summed E-state index contributed by atoms with van der Waals surface area (Å²) in [6.45, 7) is 3.94. The van der Waals surface area contributed by atoms with Crippen LogP contribution in [-0.2, 0) is 0 Å². The number of aromatic nitrogens is 1. The maximum atomic E-state index is 12.6. The summed E-state index contributed by atoms with van der Waals surface area (Å²) in [5, 5.41) is 3.94. The molecule has 1 heterocycles. The predicted molar refractivity (Wildman–Crippen MR) is 95.3 cm³/mol. The number of nitrogens with one attached hydrogen (secondary N) is 2. The number of hydrogen-bond donors (Lipinski definition) is 2. The van der Waals surface area contributed by atoms with E-state index in [1.165, 1.54) is 0 Å². The second-order valence-electron chi connectivity index (χ2n) is 5.75. The van der Waals surface area contributed by atoms with Crippen molar-refractivity contribution < 1.29 is 14.3 Å². The molecule has 5 nitrogen and oxygen atoms in total. The van der Waals surface area contributed by atoms with Crippen molar-refractivity contribution in [2.75, 3.05) is 19.5 Å². The van der Waals surface area contributed by atoms with Gasteiger partial charge in [0.05, 0.1) is 14.2 Å². The van der Waals surface area contributed by atoms with Gasteiger partial charge in [0.1, 0.15) is 5.69 Å². The van der Waals surface area contributed by atoms with Crippen LogP contribution in [0.3, 0.4) is 0 Å². The molecule has 0 radical (unpaired) electrons. The fraction of sp³-hybridized carbons (Fsp3) is 0.211. The topological polar surface area (TPSA) is 63.3 Å². The number of carbonyl (C=O) groups excluding carboxylic acids is 1. The van der Waals surface area contributed by atoms with E-state index in [0.29, 0.717) is 22.9 Å². The molecule has 124 valence electrons. The second-order valence-corrected chi connectivity index (χ2v) is 5.75. The van der Waals surface area contributed by atoms with Crippen LogP contribution in [0.5, 0.6) is 11.5 Å². The number of aromatic amines is 1. The molecule has 0 bridgehead atoms. The summed E-state index contributed by atoms with van der Waals surface area (Å²) in [7, 11) is 3.15. The molecule has 0 aliphatic carbocycles. The highest BCUT2D eigenvalue weighted by Gasteiger charge is 2.14. The van der Waals surface area contributed by atoms with Crippen LogP contribution in [-0.4, -0.2) is 25.1 Å². The highest BCUT2D eigenvalue weighted by molar-refractivity contribution is 6.06. The number of benzene rings is 2. The molecule has 2 N–H and O–H groups in total. The summed E-state index contributed by atoms with van der Waals surface area (Å²) in [5.41, 5.74) is 4.20. The number of fused-ring (bicyclic) bond motifs is 1. The van der Waals surface area contributed by atoms with Gasteiger partial charge >= 0.3 is 0 Å². The quantitative estimate of drug-likeness (QED) is 0.761. The summed E-state index contributed by atoms with van der Waals surface area (Å²) < 4.78 is 10.6. The van der Waals surface area contributed by atoms with Crippen LogP contribution in [0, 0.1) is 13.8 Å². The molecule has 1 amide bonds. The van der Waals surface area contributed by atoms with E-state index in [0.717, 1.165) is 22.0 Å². The predicted octanol–water partition coefficient (Wildman–Crippen LogP) is 4.05. The van der Waals surface area contributed by atoms with Gasteiger partial charge in [0.15, 0.2) is 11.5 Å². The summed E-state index contributed by atoms with van der Waals surface area (Å²) in [6, 6.07) is 11.5. The van der Waals surface area contributed by atoms with Crippen LogP contribution in [0.1, 0.15) is 21.6 Å². The highest BCUT2D eigenvalue weighted by Crippen LogP contribution is 2.33. The number of anilines is 1. The van der Waals surface area contributed by atoms with Crippen molar-refractivity contribution in [2.45, 2.75) is 13.8 Å². The Morgan fingerprint density at radius 1 is 1.00 bits per heavy atom. The minimum atomic E-state index is -0.195. The SMILES string of the molecule is COc1cc(C)c(NC(=O)c2cc3cc(C)ccc3[nH]2)cc1OC. The minimum absolute atomic E-state index is 0.195. The van der Waals surface area contributed by atoms with Crippen LogP contribution in [0.4, 0.5) is 5.69 Å². The molecule has 0 unspecified atom stereocenters. The van der Waals surface area contributed by atoms with Crippen LogP contribution in [0.2, 0.25) is 0 Å². The Bertz CT molecular complexity index is 912. The third kappa shape index (κ3) is 2.93. The van der Waals surface area contributed by atoms with Crippen molar-refractivity contribution in [3.05, 3.63) is 53.2 Å². The van der Waals surface area contributed by atoms with Gasteiger partial charge in [-0.2, -0.15) is 0 Å². The molecule has 3 rings (SSSR count). The standard InChI is InChI=1S/C19H20N2O3/c1-11-5-6-14-13(7-11)9-16(20-14)19(22)21-15-10-18(24-4)17(23-3)8-12(15)2/h5-10,20H,1-4H3,(H,21,22). The van der Waals surface area contributed by atoms with Gasteiger partial charge in [0.2, 0.25) is 0 Å². The molecule has 0 aliphatic heterocycles. The Kier molecular flexibility index (Phi) is 4.16. The van der Waals surface area contributed by atoms with Gasteiger partial charge in [-0.05, 0) is 43.7 Å². The van der Waals surface area contributed by atoms with E-state index in [1.54, 1.807) is 20.3 Å². The summed E-state index contributed by atoms with van der Waals surface area (Å²) in [5.74, 6) is 1.01. The number of hydrogen-bond acceptors (Lipinski definition) is 3. The number of ether oxygens (including phenoxy) is 2. The summed E-state index contributed by atoms with van der Waals surface area (Å²) in [6.07, 6.45) is 0. The van der Waals surface area contributed by atoms with E-state index < -0.39 is 0 Å². The average molecular weight is 324 g/mol. The van der Waals surface area contributed by atoms with Crippen molar-refractivity contribution in [1.29, 1.82) is 0 Å². The van der Waals surface area contributed by atoms with E-state index in [1.807, 2.05) is 44.2 Å². The van der Waals surface area contributed by atoms with Crippen LogP contribution < -0.4 is 14.8 Å². The van der Waals surface area contributed by atoms with Crippen LogP contribution in [0.15, 0.2) is 36.4 Å². The van der Waals surface area contributed by atoms with Crippen LogP contribution >= 0.6 is 0 Å². The van der Waals surface area contributed by atoms with Gasteiger partial charge in [-0.25, -0.2) is 0 Å². The number of H-pyrrole nitrogens is 1. The first kappa shape index (κ1) is 15.9. The summed E-state index contributed by atoms with van der Waals surface area (Å²) >= 11 is 0. The molecule has 0 saturated heterocycles. The first-order chi connectivity index (χ1) is 11.5. The van der Waals surface area contributed by atoms with Crippen molar-refractivity contribution in [3.8, 4) is 11.5 Å². The van der Waals surface area contributed by atoms with Crippen molar-refractivity contribution >= 4 is 22.5 Å². The largest absolute Gasteiger partial charge is 0.493 e. The normalized spacial score (nSPS) is 10.7. The zero-order valence-electron chi connectivity index (χ0n) is 14.2. The zero-order valence-corrected chi connectivity index (χ0v) is 14.2. The maximum Gasteiger partial charge on any atom is 0.272 e. The third-order valence-electron chi connectivity index (χ3n) is 4.00. The van der Waals surface area contributed by atoms with Crippen molar-refractivity contribution in [1.82, 2.24) is 4.98 Å². The first-order valence-electron chi connectivity index (χ1n) is 7.65. The van der Waals surface area contributed by atoms with Gasteiger partial charge < -0.3 is 19.8 Å². The van der Waals surface area contributed by atoms with Gasteiger partial charge in [-0.1, -0.05) is 11.6 Å². The Morgan fingerprint density at radius 2 is 1.71 bits per heavy atom. The monoisotopic (exact) mass is 324 g/mol. The maximum absolute atomic E-state index is 12.6. The Balaban J connectivity index is 1.90.